The first-order valence-electron chi connectivity index (χ1n) is 5.61. The number of ether oxygens (including phenoxy) is 1. The number of rotatable bonds is 4. The van der Waals surface area contributed by atoms with Crippen molar-refractivity contribution in [1.29, 1.82) is 0 Å². The van der Waals surface area contributed by atoms with Crippen molar-refractivity contribution in [2.75, 3.05) is 26.0 Å². The Bertz CT molecular complexity index is 598. The summed E-state index contributed by atoms with van der Waals surface area (Å²) >= 11 is 0. The summed E-state index contributed by atoms with van der Waals surface area (Å²) in [4.78, 5) is 11.1. The van der Waals surface area contributed by atoms with Crippen molar-refractivity contribution >= 4 is 21.8 Å². The largest absolute Gasteiger partial charge is 0.482 e. The maximum Gasteiger partial charge on any atom is 0.279 e. The van der Waals surface area contributed by atoms with Gasteiger partial charge in [0.05, 0.1) is 5.69 Å². The first-order chi connectivity index (χ1) is 8.88. The molecule has 1 aliphatic rings. The lowest BCUT2D eigenvalue weighted by Crippen LogP contribution is -2.35. The highest BCUT2D eigenvalue weighted by molar-refractivity contribution is 7.87. The van der Waals surface area contributed by atoms with Gasteiger partial charge in [0.25, 0.3) is 16.1 Å². The average molecular weight is 285 g/mol. The van der Waals surface area contributed by atoms with Crippen LogP contribution in [0.2, 0.25) is 0 Å². The molecule has 1 heterocycles. The van der Waals surface area contributed by atoms with Crippen molar-refractivity contribution in [2.45, 2.75) is 6.54 Å². The number of nitrogens with zero attached hydrogens (tertiary/aromatic N) is 1. The van der Waals surface area contributed by atoms with Crippen molar-refractivity contribution in [2.24, 2.45) is 0 Å². The maximum absolute atomic E-state index is 11.6. The maximum atomic E-state index is 11.6. The Labute approximate surface area is 111 Å². The predicted molar refractivity (Wildman–Crippen MR) is 70.0 cm³/mol. The van der Waals surface area contributed by atoms with Crippen molar-refractivity contribution in [3.63, 3.8) is 0 Å². The molecule has 1 amide bonds. The Morgan fingerprint density at radius 1 is 1.42 bits per heavy atom. The second-order valence-corrected chi connectivity index (χ2v) is 6.25. The van der Waals surface area contributed by atoms with E-state index in [2.05, 4.69) is 10.0 Å². The zero-order valence-electron chi connectivity index (χ0n) is 10.6. The summed E-state index contributed by atoms with van der Waals surface area (Å²) in [7, 11) is -0.549. The zero-order chi connectivity index (χ0) is 14.0. The highest BCUT2D eigenvalue weighted by Crippen LogP contribution is 2.28. The first-order valence-corrected chi connectivity index (χ1v) is 7.05. The molecule has 0 atom stereocenters. The molecule has 0 aromatic heterocycles. The van der Waals surface area contributed by atoms with E-state index in [0.717, 1.165) is 9.87 Å². The van der Waals surface area contributed by atoms with Gasteiger partial charge < -0.3 is 10.1 Å². The number of carbonyl (C=O) groups excluding carboxylic acids is 1. The van der Waals surface area contributed by atoms with Gasteiger partial charge in [-0.2, -0.15) is 17.4 Å². The van der Waals surface area contributed by atoms with E-state index in [0.29, 0.717) is 11.4 Å². The Kier molecular flexibility index (Phi) is 3.74. The smallest absolute Gasteiger partial charge is 0.279 e. The van der Waals surface area contributed by atoms with Crippen LogP contribution in [-0.4, -0.2) is 39.3 Å². The van der Waals surface area contributed by atoms with E-state index in [4.69, 9.17) is 4.74 Å². The summed E-state index contributed by atoms with van der Waals surface area (Å²) in [5, 5.41) is 2.67. The van der Waals surface area contributed by atoms with Gasteiger partial charge in [0.1, 0.15) is 5.75 Å². The van der Waals surface area contributed by atoms with E-state index < -0.39 is 10.2 Å². The third-order valence-electron chi connectivity index (χ3n) is 2.62. The van der Waals surface area contributed by atoms with Crippen molar-refractivity contribution < 1.29 is 17.9 Å². The topological polar surface area (TPSA) is 87.7 Å². The van der Waals surface area contributed by atoms with Crippen molar-refractivity contribution in [3.8, 4) is 5.75 Å². The normalized spacial score (nSPS) is 14.8. The minimum atomic E-state index is -3.45. The van der Waals surface area contributed by atoms with Crippen LogP contribution in [0.1, 0.15) is 5.56 Å². The number of amides is 1. The van der Waals surface area contributed by atoms with E-state index in [1.54, 1.807) is 18.2 Å². The number of carbonyl (C=O) groups is 1. The van der Waals surface area contributed by atoms with Gasteiger partial charge in [0.2, 0.25) is 0 Å². The molecular weight excluding hydrogens is 270 g/mol. The molecule has 0 saturated carbocycles. The van der Waals surface area contributed by atoms with Gasteiger partial charge >= 0.3 is 0 Å². The lowest BCUT2D eigenvalue weighted by atomic mass is 10.2. The van der Waals surface area contributed by atoms with Gasteiger partial charge in [0.15, 0.2) is 6.61 Å². The molecule has 2 N–H and O–H groups in total. The fourth-order valence-electron chi connectivity index (χ4n) is 1.53. The van der Waals surface area contributed by atoms with Crippen LogP contribution < -0.4 is 14.8 Å². The summed E-state index contributed by atoms with van der Waals surface area (Å²) in [6.07, 6.45) is 0. The molecule has 7 nitrogen and oxygen atoms in total. The Morgan fingerprint density at radius 2 is 2.16 bits per heavy atom. The lowest BCUT2D eigenvalue weighted by molar-refractivity contribution is -0.118. The molecule has 8 heteroatoms. The summed E-state index contributed by atoms with van der Waals surface area (Å²) < 4.78 is 31.9. The van der Waals surface area contributed by atoms with Gasteiger partial charge in [-0.1, -0.05) is 6.07 Å². The summed E-state index contributed by atoms with van der Waals surface area (Å²) in [6, 6.07) is 5.12. The first kappa shape index (κ1) is 13.8. The predicted octanol–water partition coefficient (Wildman–Crippen LogP) is -0.0865. The monoisotopic (exact) mass is 285 g/mol. The number of hydrogen-bond acceptors (Lipinski definition) is 4. The summed E-state index contributed by atoms with van der Waals surface area (Å²) in [5.74, 6) is 0.342. The molecule has 2 rings (SSSR count). The molecule has 0 spiro atoms. The van der Waals surface area contributed by atoms with E-state index in [1.807, 2.05) is 0 Å². The van der Waals surface area contributed by atoms with Crippen LogP contribution in [-0.2, 0) is 21.5 Å². The molecule has 1 aromatic carbocycles. The SMILES string of the molecule is CN(C)S(=O)(=O)NCc1ccc2c(c1)OCC(=O)N2. The number of anilines is 1. The summed E-state index contributed by atoms with van der Waals surface area (Å²) in [6.45, 7) is 0.130. The molecule has 0 saturated heterocycles. The number of hydrogen-bond donors (Lipinski definition) is 2. The van der Waals surface area contributed by atoms with E-state index in [9.17, 15) is 13.2 Å². The quantitative estimate of drug-likeness (QED) is 0.809. The Morgan fingerprint density at radius 3 is 2.84 bits per heavy atom. The number of fused-ring (bicyclic) bond motifs is 1. The van der Waals surface area contributed by atoms with Crippen LogP contribution in [0.4, 0.5) is 5.69 Å². The van der Waals surface area contributed by atoms with Gasteiger partial charge in [0, 0.05) is 20.6 Å². The van der Waals surface area contributed by atoms with Crippen LogP contribution in [0, 0.1) is 0 Å². The minimum Gasteiger partial charge on any atom is -0.482 e. The van der Waals surface area contributed by atoms with Gasteiger partial charge in [-0.25, -0.2) is 0 Å². The molecule has 0 bridgehead atoms. The Hall–Kier alpha value is -1.64. The zero-order valence-corrected chi connectivity index (χ0v) is 11.5. The van der Waals surface area contributed by atoms with E-state index >= 15 is 0 Å². The standard InChI is InChI=1S/C11H15N3O4S/c1-14(2)19(16,17)12-6-8-3-4-9-10(5-8)18-7-11(15)13-9/h3-5,12H,6-7H2,1-2H3,(H,13,15). The Balaban J connectivity index is 2.09. The van der Waals surface area contributed by atoms with Gasteiger partial charge in [-0.15, -0.1) is 0 Å². The molecule has 0 unspecified atom stereocenters. The highest BCUT2D eigenvalue weighted by atomic mass is 32.2. The minimum absolute atomic E-state index is 0.0279. The van der Waals surface area contributed by atoms with E-state index in [1.165, 1.54) is 14.1 Å². The van der Waals surface area contributed by atoms with Crippen molar-refractivity contribution in [3.05, 3.63) is 23.8 Å². The van der Waals surface area contributed by atoms with Crippen LogP contribution in [0.5, 0.6) is 5.75 Å². The lowest BCUT2D eigenvalue weighted by Gasteiger charge is -2.19. The van der Waals surface area contributed by atoms with Crippen LogP contribution in [0.3, 0.4) is 0 Å². The molecule has 1 aliphatic heterocycles. The second kappa shape index (κ2) is 5.16. The molecule has 0 fully saturated rings. The van der Waals surface area contributed by atoms with E-state index in [-0.39, 0.29) is 19.1 Å². The highest BCUT2D eigenvalue weighted by Gasteiger charge is 2.17. The molecular formula is C11H15N3O4S. The molecule has 104 valence electrons. The fourth-order valence-corrected chi connectivity index (χ4v) is 2.14. The van der Waals surface area contributed by atoms with Crippen LogP contribution >= 0.6 is 0 Å². The molecule has 1 aromatic rings. The molecule has 0 aliphatic carbocycles. The van der Waals surface area contributed by atoms with Crippen LogP contribution in [0.15, 0.2) is 18.2 Å². The van der Waals surface area contributed by atoms with Gasteiger partial charge in [-0.3, -0.25) is 4.79 Å². The second-order valence-electron chi connectivity index (χ2n) is 4.28. The van der Waals surface area contributed by atoms with Gasteiger partial charge in [-0.05, 0) is 17.7 Å². The molecule has 19 heavy (non-hydrogen) atoms. The number of benzene rings is 1. The summed E-state index contributed by atoms with van der Waals surface area (Å²) in [5.41, 5.74) is 1.34. The van der Waals surface area contributed by atoms with Crippen molar-refractivity contribution in [1.82, 2.24) is 9.03 Å². The third kappa shape index (κ3) is 3.22. The average Bonchev–Trinajstić information content (AvgIpc) is 2.36. The fraction of sp³-hybridized carbons (Fsp3) is 0.364. The van der Waals surface area contributed by atoms with Crippen LogP contribution in [0.25, 0.3) is 0 Å². The number of nitrogens with one attached hydrogen (secondary N) is 2. The molecule has 0 radical (unpaired) electrons. The third-order valence-corrected chi connectivity index (χ3v) is 4.09.